The Hall–Kier alpha value is -2.68. The summed E-state index contributed by atoms with van der Waals surface area (Å²) in [5.41, 5.74) is 7.67. The van der Waals surface area contributed by atoms with Gasteiger partial charge in [-0.1, -0.05) is 44.5 Å². The number of hydrogen-bond acceptors (Lipinski definition) is 7. The fourth-order valence-corrected chi connectivity index (χ4v) is 4.01. The van der Waals surface area contributed by atoms with Crippen LogP contribution in [0.15, 0.2) is 34.6 Å². The van der Waals surface area contributed by atoms with Crippen molar-refractivity contribution >= 4 is 23.6 Å². The molecule has 0 saturated heterocycles. The van der Waals surface area contributed by atoms with E-state index in [1.165, 1.54) is 11.8 Å². The maximum absolute atomic E-state index is 12.3. The van der Waals surface area contributed by atoms with Crippen molar-refractivity contribution in [3.63, 3.8) is 0 Å². The van der Waals surface area contributed by atoms with Gasteiger partial charge in [-0.05, 0) is 36.8 Å². The maximum Gasteiger partial charge on any atom is 0.248 e. The number of methoxy groups -OCH3 is 1. The monoisotopic (exact) mass is 431 g/mol. The number of nitrogens with two attached hydrogens (primary N) is 1. The van der Waals surface area contributed by atoms with Crippen LogP contribution in [-0.2, 0) is 4.79 Å². The van der Waals surface area contributed by atoms with E-state index >= 15 is 0 Å². The highest BCUT2D eigenvalue weighted by atomic mass is 32.2. The summed E-state index contributed by atoms with van der Waals surface area (Å²) in [5, 5.41) is 8.40. The van der Waals surface area contributed by atoms with Crippen molar-refractivity contribution in [2.24, 2.45) is 5.73 Å². The Bertz CT molecular complexity index is 941. The lowest BCUT2D eigenvalue weighted by atomic mass is 9.95. The average Bonchev–Trinajstić information content (AvgIpc) is 3.12. The van der Waals surface area contributed by atoms with Gasteiger partial charge in [0.05, 0.1) is 19.3 Å². The quantitative estimate of drug-likeness (QED) is 0.436. The van der Waals surface area contributed by atoms with E-state index < -0.39 is 11.9 Å². The summed E-state index contributed by atoms with van der Waals surface area (Å²) in [4.78, 5) is 16.9. The third kappa shape index (κ3) is 4.56. The average molecular weight is 432 g/mol. The minimum Gasteiger partial charge on any atom is -0.493 e. The van der Waals surface area contributed by atoms with Crippen molar-refractivity contribution in [1.29, 1.82) is 0 Å². The lowest BCUT2D eigenvalue weighted by Gasteiger charge is -2.28. The van der Waals surface area contributed by atoms with Crippen LogP contribution in [0.25, 0.3) is 0 Å². The van der Waals surface area contributed by atoms with E-state index in [4.69, 9.17) is 15.2 Å². The van der Waals surface area contributed by atoms with Crippen molar-refractivity contribution < 1.29 is 14.3 Å². The molecule has 0 aliphatic carbocycles. The zero-order valence-electron chi connectivity index (χ0n) is 17.9. The molecule has 1 aromatic carbocycles. The Kier molecular flexibility index (Phi) is 7.25. The third-order valence-electron chi connectivity index (χ3n) is 4.88. The Balaban J connectivity index is 2.00. The fraction of sp³-hybridized carbons (Fsp3) is 0.476. The summed E-state index contributed by atoms with van der Waals surface area (Å²) in [6, 6.07) is 5.16. The number of primary amides is 1. The number of carbonyl (C=O) groups excluding carboxylic acids is 1. The van der Waals surface area contributed by atoms with Crippen LogP contribution in [0.5, 0.6) is 11.5 Å². The molecule has 1 atom stereocenters. The molecule has 0 saturated carbocycles. The maximum atomic E-state index is 12.3. The minimum atomic E-state index is -0.505. The second-order valence-electron chi connectivity index (χ2n) is 6.99. The van der Waals surface area contributed by atoms with Crippen molar-refractivity contribution in [2.45, 2.75) is 51.2 Å². The Morgan fingerprint density at radius 2 is 2.10 bits per heavy atom. The Morgan fingerprint density at radius 1 is 1.30 bits per heavy atom. The number of ether oxygens (including phenoxy) is 2. The highest BCUT2D eigenvalue weighted by Crippen LogP contribution is 2.39. The van der Waals surface area contributed by atoms with Crippen LogP contribution in [-0.4, -0.2) is 40.1 Å². The van der Waals surface area contributed by atoms with Crippen LogP contribution < -0.4 is 20.5 Å². The molecule has 0 bridgehead atoms. The lowest BCUT2D eigenvalue weighted by Crippen LogP contribution is -2.31. The van der Waals surface area contributed by atoms with E-state index in [1.54, 1.807) is 11.8 Å². The molecule has 2 aromatic rings. The van der Waals surface area contributed by atoms with Crippen molar-refractivity contribution in [3.05, 3.63) is 35.0 Å². The first-order valence-electron chi connectivity index (χ1n) is 10.2. The molecule has 8 nitrogen and oxygen atoms in total. The second-order valence-corrected chi connectivity index (χ2v) is 8.22. The summed E-state index contributed by atoms with van der Waals surface area (Å²) in [6.45, 7) is 6.65. The molecule has 0 radical (unpaired) electrons. The molecule has 1 aromatic heterocycles. The Morgan fingerprint density at radius 3 is 2.77 bits per heavy atom. The minimum absolute atomic E-state index is 0.444. The zero-order chi connectivity index (χ0) is 21.7. The van der Waals surface area contributed by atoms with Gasteiger partial charge in [0.15, 0.2) is 11.5 Å². The number of hydrogen-bond donors (Lipinski definition) is 2. The first-order valence-corrected chi connectivity index (χ1v) is 11.2. The molecule has 3 N–H and O–H groups in total. The number of nitrogens with zero attached hydrogens (tertiary/aromatic N) is 3. The number of thioether (sulfide) groups is 1. The molecule has 1 aliphatic rings. The second kappa shape index (κ2) is 9.88. The lowest BCUT2D eigenvalue weighted by molar-refractivity contribution is -0.115. The number of allylic oxidation sites excluding steroid dienone is 1. The van der Waals surface area contributed by atoms with Crippen molar-refractivity contribution in [3.8, 4) is 11.5 Å². The van der Waals surface area contributed by atoms with Gasteiger partial charge in [0.25, 0.3) is 0 Å². The standard InChI is InChI=1S/C21H29N5O3S/c1-5-7-8-11-29-15-10-9-14(12-16(15)28-4)18-17(19(22)27)13(3)23-20-24-21(30-6-2)25-26(18)20/h9-10,12,18H,5-8,11H2,1-4H3,(H2,22,27)(H,23,24,25). The van der Waals surface area contributed by atoms with E-state index in [1.807, 2.05) is 32.0 Å². The number of carbonyl (C=O) groups is 1. The van der Waals surface area contributed by atoms with Gasteiger partial charge in [0.1, 0.15) is 6.04 Å². The zero-order valence-corrected chi connectivity index (χ0v) is 18.7. The van der Waals surface area contributed by atoms with Gasteiger partial charge in [0, 0.05) is 5.70 Å². The number of aromatic nitrogens is 3. The SMILES string of the molecule is CCCCCOc1ccc(C2C(C(N)=O)=C(C)Nc3nc(SCC)nn32)cc1OC. The van der Waals surface area contributed by atoms with Crippen LogP contribution in [0.1, 0.15) is 51.6 Å². The van der Waals surface area contributed by atoms with Gasteiger partial charge in [-0.15, -0.1) is 5.10 Å². The van der Waals surface area contributed by atoms with Crippen LogP contribution in [0.3, 0.4) is 0 Å². The molecule has 2 heterocycles. The predicted molar refractivity (Wildman–Crippen MR) is 118 cm³/mol. The van der Waals surface area contributed by atoms with E-state index in [2.05, 4.69) is 22.3 Å². The van der Waals surface area contributed by atoms with Crippen molar-refractivity contribution in [1.82, 2.24) is 14.8 Å². The Labute approximate surface area is 181 Å². The van der Waals surface area contributed by atoms with Crippen LogP contribution in [0, 0.1) is 0 Å². The van der Waals surface area contributed by atoms with E-state index in [9.17, 15) is 4.79 Å². The first kappa shape index (κ1) is 22.0. The molecule has 3 rings (SSSR count). The molecule has 162 valence electrons. The van der Waals surface area contributed by atoms with Crippen molar-refractivity contribution in [2.75, 3.05) is 24.8 Å². The van der Waals surface area contributed by atoms with Gasteiger partial charge >= 0.3 is 0 Å². The first-order chi connectivity index (χ1) is 14.5. The molecular formula is C21H29N5O3S. The molecule has 30 heavy (non-hydrogen) atoms. The van der Waals surface area contributed by atoms with Gasteiger partial charge in [-0.3, -0.25) is 4.79 Å². The summed E-state index contributed by atoms with van der Waals surface area (Å²) in [6.07, 6.45) is 3.24. The summed E-state index contributed by atoms with van der Waals surface area (Å²) < 4.78 is 13.2. The topological polar surface area (TPSA) is 104 Å². The van der Waals surface area contributed by atoms with Crippen LogP contribution in [0.2, 0.25) is 0 Å². The third-order valence-corrected chi connectivity index (χ3v) is 5.60. The summed E-state index contributed by atoms with van der Waals surface area (Å²) in [5.74, 6) is 2.20. The van der Waals surface area contributed by atoms with E-state index in [0.717, 1.165) is 30.6 Å². The molecule has 0 fully saturated rings. The molecule has 1 aliphatic heterocycles. The number of benzene rings is 1. The van der Waals surface area contributed by atoms with E-state index in [-0.39, 0.29) is 0 Å². The normalized spacial score (nSPS) is 15.5. The molecule has 9 heteroatoms. The largest absolute Gasteiger partial charge is 0.493 e. The fourth-order valence-electron chi connectivity index (χ4n) is 3.46. The number of fused-ring (bicyclic) bond motifs is 1. The summed E-state index contributed by atoms with van der Waals surface area (Å²) >= 11 is 1.54. The van der Waals surface area contributed by atoms with Gasteiger partial charge in [-0.2, -0.15) is 4.98 Å². The van der Waals surface area contributed by atoms with Crippen LogP contribution in [0.4, 0.5) is 5.95 Å². The van der Waals surface area contributed by atoms with Gasteiger partial charge in [0.2, 0.25) is 17.0 Å². The number of unbranched alkanes of at least 4 members (excludes halogenated alkanes) is 2. The number of nitrogens with one attached hydrogen (secondary N) is 1. The highest BCUT2D eigenvalue weighted by Gasteiger charge is 2.33. The number of amides is 1. The van der Waals surface area contributed by atoms with Gasteiger partial charge in [-0.25, -0.2) is 4.68 Å². The molecular weight excluding hydrogens is 402 g/mol. The molecule has 1 unspecified atom stereocenters. The molecule has 0 spiro atoms. The van der Waals surface area contributed by atoms with Crippen LogP contribution >= 0.6 is 11.8 Å². The smallest absolute Gasteiger partial charge is 0.248 e. The highest BCUT2D eigenvalue weighted by molar-refractivity contribution is 7.99. The number of rotatable bonds is 10. The number of anilines is 1. The predicted octanol–water partition coefficient (Wildman–Crippen LogP) is 3.74. The molecule has 1 amide bonds. The van der Waals surface area contributed by atoms with Gasteiger partial charge < -0.3 is 20.5 Å². The summed E-state index contributed by atoms with van der Waals surface area (Å²) in [7, 11) is 1.60. The van der Waals surface area contributed by atoms with E-state index in [0.29, 0.717) is 40.5 Å².